The fraction of sp³-hybridized carbons (Fsp3) is 0.364. The first kappa shape index (κ1) is 19.7. The Kier molecular flexibility index (Phi) is 5.87. The van der Waals surface area contributed by atoms with Crippen molar-refractivity contribution in [1.82, 2.24) is 10.9 Å². The summed E-state index contributed by atoms with van der Waals surface area (Å²) in [4.78, 5) is 24.2. The number of hydrogen-bond acceptors (Lipinski definition) is 4. The standard InChI is InChI=1S/C22H26N2O4/c1-22(2,3)16-11-8-15(9-12-16)10-13-20(25)23-24-21(26)19-14-27-17-6-4-5-7-18(17)28-19/h4-9,11-12,19H,10,13-14H2,1-3H3,(H,23,25)(H,24,26). The highest BCUT2D eigenvalue weighted by Gasteiger charge is 2.27. The molecule has 2 aromatic rings. The molecule has 6 nitrogen and oxygen atoms in total. The van der Waals surface area contributed by atoms with Gasteiger partial charge in [0.2, 0.25) is 12.0 Å². The normalized spacial score (nSPS) is 15.6. The van der Waals surface area contributed by atoms with Crippen LogP contribution >= 0.6 is 0 Å². The molecule has 1 aliphatic heterocycles. The van der Waals surface area contributed by atoms with Crippen LogP contribution in [0.4, 0.5) is 0 Å². The molecule has 148 valence electrons. The van der Waals surface area contributed by atoms with Crippen molar-refractivity contribution in [2.75, 3.05) is 6.61 Å². The molecule has 0 radical (unpaired) electrons. The first-order valence-corrected chi connectivity index (χ1v) is 9.39. The number of benzene rings is 2. The van der Waals surface area contributed by atoms with Crippen molar-refractivity contribution >= 4 is 11.8 Å². The van der Waals surface area contributed by atoms with Gasteiger partial charge in [0.1, 0.15) is 6.61 Å². The van der Waals surface area contributed by atoms with Gasteiger partial charge in [-0.15, -0.1) is 0 Å². The minimum atomic E-state index is -0.805. The average molecular weight is 382 g/mol. The molecule has 2 amide bonds. The van der Waals surface area contributed by atoms with Crippen LogP contribution in [0.2, 0.25) is 0 Å². The molecule has 28 heavy (non-hydrogen) atoms. The number of nitrogens with one attached hydrogen (secondary N) is 2. The number of hydrogen-bond donors (Lipinski definition) is 2. The molecule has 0 aromatic heterocycles. The summed E-state index contributed by atoms with van der Waals surface area (Å²) in [5.74, 6) is 0.412. The van der Waals surface area contributed by atoms with Gasteiger partial charge >= 0.3 is 0 Å². The molecule has 0 fully saturated rings. The fourth-order valence-corrected chi connectivity index (χ4v) is 2.85. The zero-order chi connectivity index (χ0) is 20.1. The van der Waals surface area contributed by atoms with E-state index >= 15 is 0 Å². The summed E-state index contributed by atoms with van der Waals surface area (Å²) >= 11 is 0. The van der Waals surface area contributed by atoms with Gasteiger partial charge in [-0.05, 0) is 35.1 Å². The lowest BCUT2D eigenvalue weighted by atomic mass is 9.86. The highest BCUT2D eigenvalue weighted by molar-refractivity contribution is 5.85. The van der Waals surface area contributed by atoms with E-state index < -0.39 is 12.0 Å². The van der Waals surface area contributed by atoms with Gasteiger partial charge in [-0.1, -0.05) is 57.2 Å². The molecule has 0 aliphatic carbocycles. The monoisotopic (exact) mass is 382 g/mol. The van der Waals surface area contributed by atoms with E-state index in [4.69, 9.17) is 9.47 Å². The summed E-state index contributed by atoms with van der Waals surface area (Å²) in [6.07, 6.45) is 0.0721. The van der Waals surface area contributed by atoms with Gasteiger partial charge in [0, 0.05) is 6.42 Å². The molecule has 0 saturated carbocycles. The number of fused-ring (bicyclic) bond motifs is 1. The number of carbonyl (C=O) groups is 2. The quantitative estimate of drug-likeness (QED) is 0.797. The van der Waals surface area contributed by atoms with Gasteiger partial charge in [-0.3, -0.25) is 20.4 Å². The molecular weight excluding hydrogens is 356 g/mol. The van der Waals surface area contributed by atoms with Crippen LogP contribution < -0.4 is 20.3 Å². The maximum Gasteiger partial charge on any atom is 0.283 e. The van der Waals surface area contributed by atoms with Crippen LogP contribution in [0.15, 0.2) is 48.5 Å². The summed E-state index contributed by atoms with van der Waals surface area (Å²) in [6, 6.07) is 15.4. The molecule has 1 unspecified atom stereocenters. The van der Waals surface area contributed by atoms with Gasteiger partial charge in [-0.2, -0.15) is 0 Å². The predicted octanol–water partition coefficient (Wildman–Crippen LogP) is 2.90. The maximum absolute atomic E-state index is 12.2. The minimum Gasteiger partial charge on any atom is -0.485 e. The van der Waals surface area contributed by atoms with Crippen LogP contribution in [-0.4, -0.2) is 24.5 Å². The molecule has 2 aromatic carbocycles. The van der Waals surface area contributed by atoms with Crippen molar-refractivity contribution in [2.24, 2.45) is 0 Å². The van der Waals surface area contributed by atoms with E-state index in [9.17, 15) is 9.59 Å². The highest BCUT2D eigenvalue weighted by atomic mass is 16.6. The molecule has 1 heterocycles. The summed E-state index contributed by atoms with van der Waals surface area (Å²) in [6.45, 7) is 6.59. The Morgan fingerprint density at radius 3 is 2.36 bits per heavy atom. The Balaban J connectivity index is 1.42. The third kappa shape index (κ3) is 5.03. The molecule has 1 atom stereocenters. The van der Waals surface area contributed by atoms with E-state index in [1.165, 1.54) is 5.56 Å². The zero-order valence-electron chi connectivity index (χ0n) is 16.5. The van der Waals surface area contributed by atoms with Crippen LogP contribution in [-0.2, 0) is 21.4 Å². The molecular formula is C22H26N2O4. The van der Waals surface area contributed by atoms with Crippen molar-refractivity contribution in [3.05, 3.63) is 59.7 Å². The Morgan fingerprint density at radius 1 is 1.00 bits per heavy atom. The smallest absolute Gasteiger partial charge is 0.283 e. The second-order valence-corrected chi connectivity index (χ2v) is 7.85. The number of carbonyl (C=O) groups excluding carboxylic acids is 2. The van der Waals surface area contributed by atoms with Crippen molar-refractivity contribution in [3.63, 3.8) is 0 Å². The fourth-order valence-electron chi connectivity index (χ4n) is 2.85. The molecule has 1 aliphatic rings. The van der Waals surface area contributed by atoms with E-state index in [-0.39, 0.29) is 24.3 Å². The molecule has 0 spiro atoms. The Morgan fingerprint density at radius 2 is 1.68 bits per heavy atom. The number of para-hydroxylation sites is 2. The van der Waals surface area contributed by atoms with Crippen LogP contribution in [0, 0.1) is 0 Å². The van der Waals surface area contributed by atoms with Gasteiger partial charge in [0.05, 0.1) is 0 Å². The summed E-state index contributed by atoms with van der Waals surface area (Å²) in [5.41, 5.74) is 7.28. The van der Waals surface area contributed by atoms with Crippen LogP contribution in [0.3, 0.4) is 0 Å². The second kappa shape index (κ2) is 8.33. The third-order valence-corrected chi connectivity index (χ3v) is 4.59. The van der Waals surface area contributed by atoms with E-state index in [1.807, 2.05) is 18.2 Å². The van der Waals surface area contributed by atoms with Crippen LogP contribution in [0.25, 0.3) is 0 Å². The molecule has 6 heteroatoms. The summed E-state index contributed by atoms with van der Waals surface area (Å²) in [7, 11) is 0. The van der Waals surface area contributed by atoms with Crippen LogP contribution in [0.1, 0.15) is 38.3 Å². The van der Waals surface area contributed by atoms with E-state index in [2.05, 4.69) is 43.8 Å². The van der Waals surface area contributed by atoms with E-state index in [0.717, 1.165) is 5.56 Å². The van der Waals surface area contributed by atoms with Crippen molar-refractivity contribution < 1.29 is 19.1 Å². The SMILES string of the molecule is CC(C)(C)c1ccc(CCC(=O)NNC(=O)C2COc3ccccc3O2)cc1. The maximum atomic E-state index is 12.2. The van der Waals surface area contributed by atoms with Gasteiger partial charge < -0.3 is 9.47 Å². The Hall–Kier alpha value is -3.02. The highest BCUT2D eigenvalue weighted by Crippen LogP contribution is 2.30. The predicted molar refractivity (Wildman–Crippen MR) is 106 cm³/mol. The molecule has 0 saturated heterocycles. The topological polar surface area (TPSA) is 76.7 Å². The van der Waals surface area contributed by atoms with Gasteiger partial charge in [0.25, 0.3) is 5.91 Å². The molecule has 2 N–H and O–H groups in total. The van der Waals surface area contributed by atoms with Crippen molar-refractivity contribution in [3.8, 4) is 11.5 Å². The Bertz CT molecular complexity index is 840. The lowest BCUT2D eigenvalue weighted by Gasteiger charge is -2.25. The molecule has 0 bridgehead atoms. The number of ether oxygens (including phenoxy) is 2. The largest absolute Gasteiger partial charge is 0.485 e. The first-order chi connectivity index (χ1) is 13.3. The van der Waals surface area contributed by atoms with Crippen LogP contribution in [0.5, 0.6) is 11.5 Å². The van der Waals surface area contributed by atoms with Gasteiger partial charge in [0.15, 0.2) is 11.5 Å². The number of amides is 2. The number of aryl methyl sites for hydroxylation is 1. The lowest BCUT2D eigenvalue weighted by Crippen LogP contribution is -2.50. The van der Waals surface area contributed by atoms with Crippen molar-refractivity contribution in [1.29, 1.82) is 0 Å². The number of rotatable bonds is 4. The Labute approximate surface area is 165 Å². The lowest BCUT2D eigenvalue weighted by molar-refractivity contribution is -0.135. The minimum absolute atomic E-state index is 0.0961. The van der Waals surface area contributed by atoms with Crippen molar-refractivity contribution in [2.45, 2.75) is 45.1 Å². The zero-order valence-corrected chi connectivity index (χ0v) is 16.5. The number of hydrazine groups is 1. The summed E-state index contributed by atoms with van der Waals surface area (Å²) < 4.78 is 11.1. The molecule has 3 rings (SSSR count). The third-order valence-electron chi connectivity index (χ3n) is 4.59. The summed E-state index contributed by atoms with van der Waals surface area (Å²) in [5, 5.41) is 0. The average Bonchev–Trinajstić information content (AvgIpc) is 2.69. The van der Waals surface area contributed by atoms with E-state index in [0.29, 0.717) is 17.9 Å². The second-order valence-electron chi connectivity index (χ2n) is 7.85. The first-order valence-electron chi connectivity index (χ1n) is 9.39. The van der Waals surface area contributed by atoms with E-state index in [1.54, 1.807) is 18.2 Å². The van der Waals surface area contributed by atoms with Gasteiger partial charge in [-0.25, -0.2) is 0 Å².